The molecule has 4 nitrogen and oxygen atoms in total. The molecule has 0 fully saturated rings. The maximum Gasteiger partial charge on any atom is 0.262 e. The van der Waals surface area contributed by atoms with Crippen LogP contribution in [0.4, 0.5) is 5.69 Å². The van der Waals surface area contributed by atoms with Gasteiger partial charge in [0.2, 0.25) is 0 Å². The molecule has 0 aliphatic carbocycles. The molecule has 4 heteroatoms. The van der Waals surface area contributed by atoms with E-state index >= 15 is 0 Å². The number of ether oxygens (including phenoxy) is 1. The van der Waals surface area contributed by atoms with Crippen molar-refractivity contribution in [3.63, 3.8) is 0 Å². The summed E-state index contributed by atoms with van der Waals surface area (Å²) in [5.74, 6) is 0.356. The van der Waals surface area contributed by atoms with Crippen LogP contribution in [0.2, 0.25) is 0 Å². The van der Waals surface area contributed by atoms with Gasteiger partial charge in [0.25, 0.3) is 5.91 Å². The number of hydrogen-bond acceptors (Lipinski definition) is 3. The van der Waals surface area contributed by atoms with Crippen LogP contribution in [0.1, 0.15) is 5.56 Å². The number of amides is 1. The van der Waals surface area contributed by atoms with Crippen LogP contribution in [-0.4, -0.2) is 17.6 Å². The minimum atomic E-state index is -0.315. The van der Waals surface area contributed by atoms with Crippen LogP contribution in [0.5, 0.6) is 11.5 Å². The van der Waals surface area contributed by atoms with Crippen molar-refractivity contribution in [3.8, 4) is 11.5 Å². The van der Waals surface area contributed by atoms with E-state index in [0.717, 1.165) is 5.56 Å². The second kappa shape index (κ2) is 5.91. The Bertz CT molecular complexity index is 567. The molecule has 0 saturated carbocycles. The average Bonchev–Trinajstić information content (AvgIpc) is 2.42. The monoisotopic (exact) mass is 257 g/mol. The largest absolute Gasteiger partial charge is 0.506 e. The lowest BCUT2D eigenvalue weighted by Crippen LogP contribution is -2.20. The Balaban J connectivity index is 1.93. The van der Waals surface area contributed by atoms with Gasteiger partial charge in [-0.05, 0) is 36.8 Å². The zero-order valence-corrected chi connectivity index (χ0v) is 10.6. The third kappa shape index (κ3) is 3.74. The molecule has 2 aromatic carbocycles. The molecule has 0 spiro atoms. The van der Waals surface area contributed by atoms with Crippen LogP contribution in [0.25, 0.3) is 0 Å². The summed E-state index contributed by atoms with van der Waals surface area (Å²) in [6, 6.07) is 14.1. The first-order chi connectivity index (χ1) is 9.15. The van der Waals surface area contributed by atoms with Crippen molar-refractivity contribution >= 4 is 11.6 Å². The zero-order chi connectivity index (χ0) is 13.7. The predicted molar refractivity (Wildman–Crippen MR) is 73.4 cm³/mol. The van der Waals surface area contributed by atoms with Crippen molar-refractivity contribution in [1.82, 2.24) is 0 Å². The average molecular weight is 257 g/mol. The molecule has 0 aliphatic rings. The van der Waals surface area contributed by atoms with Gasteiger partial charge in [0, 0.05) is 0 Å². The summed E-state index contributed by atoms with van der Waals surface area (Å²) < 4.78 is 5.32. The van der Waals surface area contributed by atoms with Gasteiger partial charge in [-0.1, -0.05) is 24.3 Å². The maximum absolute atomic E-state index is 11.7. The first kappa shape index (κ1) is 13.0. The van der Waals surface area contributed by atoms with Gasteiger partial charge >= 0.3 is 0 Å². The number of carbonyl (C=O) groups excluding carboxylic acids is 1. The highest BCUT2D eigenvalue weighted by atomic mass is 16.5. The Hall–Kier alpha value is -2.49. The summed E-state index contributed by atoms with van der Waals surface area (Å²) in [7, 11) is 0. The quantitative estimate of drug-likeness (QED) is 0.828. The molecule has 2 aromatic rings. The SMILES string of the molecule is Cc1ccc(O)c(NC(=O)COc2ccccc2)c1. The van der Waals surface area contributed by atoms with Gasteiger partial charge in [-0.2, -0.15) is 0 Å². The molecular weight excluding hydrogens is 242 g/mol. The highest BCUT2D eigenvalue weighted by molar-refractivity contribution is 5.93. The molecule has 0 bridgehead atoms. The molecule has 2 N–H and O–H groups in total. The molecule has 0 unspecified atom stereocenters. The first-order valence-electron chi connectivity index (χ1n) is 5.92. The smallest absolute Gasteiger partial charge is 0.262 e. The molecule has 1 amide bonds. The third-order valence-corrected chi connectivity index (χ3v) is 2.54. The molecule has 0 aliphatic heterocycles. The summed E-state index contributed by atoms with van der Waals surface area (Å²) in [4.78, 5) is 11.7. The minimum Gasteiger partial charge on any atom is -0.506 e. The third-order valence-electron chi connectivity index (χ3n) is 2.54. The number of benzene rings is 2. The number of nitrogens with one attached hydrogen (secondary N) is 1. The number of rotatable bonds is 4. The van der Waals surface area contributed by atoms with Crippen molar-refractivity contribution in [2.45, 2.75) is 6.92 Å². The Kier molecular flexibility index (Phi) is 4.03. The molecule has 0 atom stereocenters. The van der Waals surface area contributed by atoms with Gasteiger partial charge in [0.1, 0.15) is 11.5 Å². The number of para-hydroxylation sites is 1. The van der Waals surface area contributed by atoms with Crippen molar-refractivity contribution in [1.29, 1.82) is 0 Å². The number of hydrogen-bond donors (Lipinski definition) is 2. The molecule has 0 aromatic heterocycles. The fraction of sp³-hybridized carbons (Fsp3) is 0.133. The second-order valence-electron chi connectivity index (χ2n) is 4.17. The number of aromatic hydroxyl groups is 1. The fourth-order valence-electron chi connectivity index (χ4n) is 1.60. The van der Waals surface area contributed by atoms with E-state index in [4.69, 9.17) is 4.74 Å². The summed E-state index contributed by atoms with van der Waals surface area (Å²) in [6.45, 7) is 1.78. The summed E-state index contributed by atoms with van der Waals surface area (Å²) >= 11 is 0. The molecule has 98 valence electrons. The van der Waals surface area contributed by atoms with Crippen LogP contribution >= 0.6 is 0 Å². The van der Waals surface area contributed by atoms with Gasteiger partial charge < -0.3 is 15.2 Å². The Morgan fingerprint density at radius 1 is 1.21 bits per heavy atom. The molecule has 0 radical (unpaired) electrons. The second-order valence-corrected chi connectivity index (χ2v) is 4.17. The number of carbonyl (C=O) groups is 1. The normalized spacial score (nSPS) is 9.95. The summed E-state index contributed by atoms with van der Waals surface area (Å²) in [5, 5.41) is 12.2. The van der Waals surface area contributed by atoms with E-state index in [2.05, 4.69) is 5.32 Å². The lowest BCUT2D eigenvalue weighted by Gasteiger charge is -2.09. The lowest BCUT2D eigenvalue weighted by atomic mass is 10.2. The fourth-order valence-corrected chi connectivity index (χ4v) is 1.60. The van der Waals surface area contributed by atoms with Gasteiger partial charge in [-0.3, -0.25) is 4.79 Å². The van der Waals surface area contributed by atoms with Crippen LogP contribution in [0.3, 0.4) is 0 Å². The summed E-state index contributed by atoms with van der Waals surface area (Å²) in [5.41, 5.74) is 1.35. The van der Waals surface area contributed by atoms with E-state index in [9.17, 15) is 9.90 Å². The van der Waals surface area contributed by atoms with E-state index in [0.29, 0.717) is 11.4 Å². The van der Waals surface area contributed by atoms with Gasteiger partial charge in [0.15, 0.2) is 6.61 Å². The predicted octanol–water partition coefficient (Wildman–Crippen LogP) is 2.72. The number of phenols is 1. The zero-order valence-electron chi connectivity index (χ0n) is 10.6. The Morgan fingerprint density at radius 2 is 1.95 bits per heavy atom. The molecule has 2 rings (SSSR count). The number of anilines is 1. The Morgan fingerprint density at radius 3 is 2.68 bits per heavy atom. The van der Waals surface area contributed by atoms with Crippen molar-refractivity contribution < 1.29 is 14.6 Å². The van der Waals surface area contributed by atoms with Crippen molar-refractivity contribution in [2.75, 3.05) is 11.9 Å². The van der Waals surface area contributed by atoms with Gasteiger partial charge in [-0.15, -0.1) is 0 Å². The lowest BCUT2D eigenvalue weighted by molar-refractivity contribution is -0.118. The van der Waals surface area contributed by atoms with Crippen molar-refractivity contribution in [2.24, 2.45) is 0 Å². The standard InChI is InChI=1S/C15H15NO3/c1-11-7-8-14(17)13(9-11)16-15(18)10-19-12-5-3-2-4-6-12/h2-9,17H,10H2,1H3,(H,16,18). The topological polar surface area (TPSA) is 58.6 Å². The van der Waals surface area contributed by atoms with Crippen LogP contribution < -0.4 is 10.1 Å². The first-order valence-corrected chi connectivity index (χ1v) is 5.92. The molecule has 0 heterocycles. The van der Waals surface area contributed by atoms with Crippen LogP contribution in [0, 0.1) is 6.92 Å². The minimum absolute atomic E-state index is 0.0404. The van der Waals surface area contributed by atoms with Gasteiger partial charge in [0.05, 0.1) is 5.69 Å². The Labute approximate surface area is 111 Å². The van der Waals surface area contributed by atoms with Crippen LogP contribution in [0.15, 0.2) is 48.5 Å². The molecular formula is C15H15NO3. The van der Waals surface area contributed by atoms with Crippen molar-refractivity contribution in [3.05, 3.63) is 54.1 Å². The summed E-state index contributed by atoms with van der Waals surface area (Å²) in [6.07, 6.45) is 0. The van der Waals surface area contributed by atoms with E-state index in [-0.39, 0.29) is 18.3 Å². The maximum atomic E-state index is 11.7. The van der Waals surface area contributed by atoms with E-state index in [1.807, 2.05) is 25.1 Å². The van der Waals surface area contributed by atoms with Crippen LogP contribution in [-0.2, 0) is 4.79 Å². The van der Waals surface area contributed by atoms with E-state index in [1.165, 1.54) is 0 Å². The molecule has 0 saturated heterocycles. The van der Waals surface area contributed by atoms with E-state index in [1.54, 1.807) is 30.3 Å². The highest BCUT2D eigenvalue weighted by Crippen LogP contribution is 2.23. The number of aryl methyl sites for hydroxylation is 1. The van der Waals surface area contributed by atoms with E-state index < -0.39 is 0 Å². The number of phenolic OH excluding ortho intramolecular Hbond substituents is 1. The van der Waals surface area contributed by atoms with Gasteiger partial charge in [-0.25, -0.2) is 0 Å². The molecule has 19 heavy (non-hydrogen) atoms. The highest BCUT2D eigenvalue weighted by Gasteiger charge is 2.07.